The summed E-state index contributed by atoms with van der Waals surface area (Å²) in [5.74, 6) is 0.138. The van der Waals surface area contributed by atoms with Gasteiger partial charge in [-0.25, -0.2) is 4.68 Å². The topological polar surface area (TPSA) is 42.6 Å². The zero-order valence-corrected chi connectivity index (χ0v) is 17.4. The van der Waals surface area contributed by atoms with Gasteiger partial charge >= 0.3 is 0 Å². The molecular formula is C21H30ClN4O+. The lowest BCUT2D eigenvalue weighted by molar-refractivity contribution is -0.902. The molecule has 5 nitrogen and oxygen atoms in total. The Hall–Kier alpha value is -1.85. The molecule has 1 saturated heterocycles. The molecule has 0 spiro atoms. The van der Waals surface area contributed by atoms with Gasteiger partial charge in [-0.1, -0.05) is 37.9 Å². The highest BCUT2D eigenvalue weighted by molar-refractivity contribution is 6.30. The van der Waals surface area contributed by atoms with Crippen molar-refractivity contribution in [3.05, 3.63) is 46.2 Å². The monoisotopic (exact) mass is 389 g/mol. The normalized spacial score (nSPS) is 15.3. The van der Waals surface area contributed by atoms with Crippen LogP contribution in [-0.4, -0.2) is 53.3 Å². The van der Waals surface area contributed by atoms with E-state index in [-0.39, 0.29) is 5.91 Å². The van der Waals surface area contributed by atoms with Crippen molar-refractivity contribution in [3.63, 3.8) is 0 Å². The number of aryl methyl sites for hydroxylation is 1. The molecule has 0 aliphatic carbocycles. The van der Waals surface area contributed by atoms with Crippen LogP contribution in [0.4, 0.5) is 0 Å². The smallest absolute Gasteiger partial charge is 0.258 e. The summed E-state index contributed by atoms with van der Waals surface area (Å²) >= 11 is 6.19. The molecular weight excluding hydrogens is 360 g/mol. The lowest BCUT2D eigenvalue weighted by Crippen LogP contribution is -3.14. The molecule has 2 heterocycles. The summed E-state index contributed by atoms with van der Waals surface area (Å²) in [7, 11) is 0. The van der Waals surface area contributed by atoms with Crippen LogP contribution in [0.25, 0.3) is 5.69 Å². The number of carbonyl (C=O) groups excluding carboxylic acids is 1. The van der Waals surface area contributed by atoms with Gasteiger partial charge in [-0.2, -0.15) is 5.10 Å². The van der Waals surface area contributed by atoms with E-state index in [2.05, 4.69) is 20.8 Å². The number of likely N-dealkylation sites (N-methyl/N-ethyl adjacent to an activating group) is 1. The molecule has 1 aliphatic rings. The molecule has 3 rings (SSSR count). The standard InChI is InChI=1S/C21H29ClN4O/c1-4-8-18-20(21(27)25-13-11-24(6-3)12-14-25)19(5-2)26(23-18)17-10-7-9-16(22)15-17/h7,9-10,15H,4-6,8,11-14H2,1-3H3/p+1. The number of benzene rings is 1. The fraction of sp³-hybridized carbons (Fsp3) is 0.524. The Balaban J connectivity index is 1.99. The quantitative estimate of drug-likeness (QED) is 0.824. The Labute approximate surface area is 166 Å². The Morgan fingerprint density at radius 3 is 2.56 bits per heavy atom. The Morgan fingerprint density at radius 1 is 1.22 bits per heavy atom. The number of nitrogens with zero attached hydrogens (tertiary/aromatic N) is 3. The second kappa shape index (κ2) is 8.89. The molecule has 0 unspecified atom stereocenters. The highest BCUT2D eigenvalue weighted by Gasteiger charge is 2.30. The predicted octanol–water partition coefficient (Wildman–Crippen LogP) is 2.40. The molecule has 0 saturated carbocycles. The number of hydrogen-bond acceptors (Lipinski definition) is 2. The minimum absolute atomic E-state index is 0.138. The highest BCUT2D eigenvalue weighted by Crippen LogP contribution is 2.24. The zero-order chi connectivity index (χ0) is 19.4. The third-order valence-corrected chi connectivity index (χ3v) is 5.63. The first-order valence-electron chi connectivity index (χ1n) is 10.1. The summed E-state index contributed by atoms with van der Waals surface area (Å²) in [6, 6.07) is 7.67. The number of rotatable bonds is 6. The molecule has 146 valence electrons. The maximum Gasteiger partial charge on any atom is 0.258 e. The number of halogens is 1. The van der Waals surface area contributed by atoms with Crippen LogP contribution in [0.3, 0.4) is 0 Å². The van der Waals surface area contributed by atoms with E-state index in [0.717, 1.165) is 74.6 Å². The molecule has 1 aromatic heterocycles. The van der Waals surface area contributed by atoms with Crippen LogP contribution in [0.15, 0.2) is 24.3 Å². The average Bonchev–Trinajstić information content (AvgIpc) is 3.06. The molecule has 1 amide bonds. The summed E-state index contributed by atoms with van der Waals surface area (Å²) in [5.41, 5.74) is 3.61. The van der Waals surface area contributed by atoms with Gasteiger partial charge in [-0.05, 0) is 38.0 Å². The number of nitrogens with one attached hydrogen (secondary N) is 1. The summed E-state index contributed by atoms with van der Waals surface area (Å²) in [5, 5.41) is 5.51. The third kappa shape index (κ3) is 4.19. The van der Waals surface area contributed by atoms with E-state index < -0.39 is 0 Å². The second-order valence-electron chi connectivity index (χ2n) is 7.16. The molecule has 1 N–H and O–H groups in total. The number of aromatic nitrogens is 2. The predicted molar refractivity (Wildman–Crippen MR) is 109 cm³/mol. The molecule has 0 bridgehead atoms. The van der Waals surface area contributed by atoms with E-state index in [4.69, 9.17) is 16.7 Å². The number of hydrogen-bond donors (Lipinski definition) is 1. The van der Waals surface area contributed by atoms with Gasteiger partial charge in [0.25, 0.3) is 5.91 Å². The van der Waals surface area contributed by atoms with Gasteiger partial charge in [-0.3, -0.25) is 4.79 Å². The van der Waals surface area contributed by atoms with Crippen LogP contribution in [0.2, 0.25) is 5.02 Å². The van der Waals surface area contributed by atoms with Gasteiger partial charge in [-0.15, -0.1) is 0 Å². The van der Waals surface area contributed by atoms with E-state index in [1.807, 2.05) is 33.8 Å². The molecule has 6 heteroatoms. The molecule has 1 aromatic carbocycles. The number of piperazine rings is 1. The lowest BCUT2D eigenvalue weighted by Gasteiger charge is -2.31. The number of amides is 1. The van der Waals surface area contributed by atoms with E-state index in [1.54, 1.807) is 4.90 Å². The Kier molecular flexibility index (Phi) is 6.55. The van der Waals surface area contributed by atoms with Gasteiger partial charge in [0.2, 0.25) is 0 Å². The van der Waals surface area contributed by atoms with Crippen molar-refractivity contribution in [2.45, 2.75) is 40.0 Å². The van der Waals surface area contributed by atoms with Crippen molar-refractivity contribution in [2.24, 2.45) is 0 Å². The SMILES string of the molecule is CCCc1nn(-c2cccc(Cl)c2)c(CC)c1C(=O)N1CC[NH+](CC)CC1. The van der Waals surface area contributed by atoms with Crippen LogP contribution < -0.4 is 4.90 Å². The van der Waals surface area contributed by atoms with Gasteiger partial charge in [0.1, 0.15) is 0 Å². The molecule has 1 fully saturated rings. The van der Waals surface area contributed by atoms with E-state index >= 15 is 0 Å². The van der Waals surface area contributed by atoms with Crippen molar-refractivity contribution < 1.29 is 9.69 Å². The van der Waals surface area contributed by atoms with Crippen molar-refractivity contribution in [3.8, 4) is 5.69 Å². The summed E-state index contributed by atoms with van der Waals surface area (Å²) in [6.07, 6.45) is 2.52. The largest absolute Gasteiger partial charge is 0.332 e. The van der Waals surface area contributed by atoms with Crippen LogP contribution in [-0.2, 0) is 12.8 Å². The number of carbonyl (C=O) groups is 1. The van der Waals surface area contributed by atoms with Crippen LogP contribution >= 0.6 is 11.6 Å². The highest BCUT2D eigenvalue weighted by atomic mass is 35.5. The maximum atomic E-state index is 13.4. The minimum atomic E-state index is 0.138. The minimum Gasteiger partial charge on any atom is -0.332 e. The summed E-state index contributed by atoms with van der Waals surface area (Å²) < 4.78 is 1.91. The van der Waals surface area contributed by atoms with Crippen molar-refractivity contribution in [1.29, 1.82) is 0 Å². The van der Waals surface area contributed by atoms with Crippen LogP contribution in [0.5, 0.6) is 0 Å². The van der Waals surface area contributed by atoms with E-state index in [0.29, 0.717) is 5.02 Å². The van der Waals surface area contributed by atoms with Gasteiger partial charge < -0.3 is 9.80 Å². The molecule has 27 heavy (non-hydrogen) atoms. The molecule has 0 atom stereocenters. The van der Waals surface area contributed by atoms with Gasteiger partial charge in [0.05, 0.1) is 55.4 Å². The zero-order valence-electron chi connectivity index (χ0n) is 16.6. The first-order valence-corrected chi connectivity index (χ1v) is 10.5. The Bertz CT molecular complexity index is 793. The second-order valence-corrected chi connectivity index (χ2v) is 7.60. The fourth-order valence-electron chi connectivity index (χ4n) is 3.85. The lowest BCUT2D eigenvalue weighted by atomic mass is 10.1. The number of quaternary nitrogens is 1. The van der Waals surface area contributed by atoms with E-state index in [1.165, 1.54) is 0 Å². The summed E-state index contributed by atoms with van der Waals surface area (Å²) in [4.78, 5) is 17.0. The van der Waals surface area contributed by atoms with Crippen LogP contribution in [0, 0.1) is 0 Å². The molecule has 2 aromatic rings. The van der Waals surface area contributed by atoms with E-state index in [9.17, 15) is 4.79 Å². The maximum absolute atomic E-state index is 13.4. The Morgan fingerprint density at radius 2 is 1.96 bits per heavy atom. The first kappa shape index (κ1) is 19.9. The van der Waals surface area contributed by atoms with Crippen molar-refractivity contribution in [2.75, 3.05) is 32.7 Å². The fourth-order valence-corrected chi connectivity index (χ4v) is 4.03. The molecule has 1 aliphatic heterocycles. The average molecular weight is 390 g/mol. The van der Waals surface area contributed by atoms with Crippen molar-refractivity contribution in [1.82, 2.24) is 14.7 Å². The third-order valence-electron chi connectivity index (χ3n) is 5.40. The van der Waals surface area contributed by atoms with Crippen LogP contribution in [0.1, 0.15) is 48.9 Å². The first-order chi connectivity index (χ1) is 13.1. The van der Waals surface area contributed by atoms with Crippen molar-refractivity contribution >= 4 is 17.5 Å². The van der Waals surface area contributed by atoms with Gasteiger partial charge in [0, 0.05) is 5.02 Å². The van der Waals surface area contributed by atoms with Gasteiger partial charge in [0.15, 0.2) is 0 Å². The molecule has 0 radical (unpaired) electrons. The summed E-state index contributed by atoms with van der Waals surface area (Å²) in [6.45, 7) is 11.2.